The minimum absolute atomic E-state index is 0.221. The highest BCUT2D eigenvalue weighted by Crippen LogP contribution is 2.30. The molecule has 0 aliphatic heterocycles. The summed E-state index contributed by atoms with van der Waals surface area (Å²) in [7, 11) is 3.18. The number of nitrogens with zero attached hydrogens (tertiary/aromatic N) is 1. The number of rotatable bonds is 6. The highest BCUT2D eigenvalue weighted by atomic mass is 16.5. The van der Waals surface area contributed by atoms with Gasteiger partial charge in [-0.05, 0) is 41.5 Å². The molecule has 0 spiro atoms. The number of hydrogen-bond acceptors (Lipinski definition) is 4. The van der Waals surface area contributed by atoms with Crippen LogP contribution in [0.3, 0.4) is 0 Å². The molecule has 1 atom stereocenters. The third-order valence-electron chi connectivity index (χ3n) is 5.14. The van der Waals surface area contributed by atoms with Gasteiger partial charge >= 0.3 is 0 Å². The van der Waals surface area contributed by atoms with Crippen LogP contribution in [0.1, 0.15) is 29.0 Å². The number of aromatic nitrogens is 2. The first-order valence-electron chi connectivity index (χ1n) is 9.67. The fraction of sp³-hybridized carbons (Fsp3) is 0.167. The van der Waals surface area contributed by atoms with Gasteiger partial charge in [-0.15, -0.1) is 0 Å². The average Bonchev–Trinajstić information content (AvgIpc) is 3.28. The minimum Gasteiger partial charge on any atom is -0.493 e. The van der Waals surface area contributed by atoms with Gasteiger partial charge in [0.15, 0.2) is 11.5 Å². The first-order chi connectivity index (χ1) is 14.6. The molecule has 0 radical (unpaired) electrons. The third-order valence-corrected chi connectivity index (χ3v) is 5.14. The van der Waals surface area contributed by atoms with Gasteiger partial charge in [0.2, 0.25) is 0 Å². The van der Waals surface area contributed by atoms with Crippen molar-refractivity contribution < 1.29 is 14.3 Å². The topological polar surface area (TPSA) is 76.2 Å². The van der Waals surface area contributed by atoms with Gasteiger partial charge in [0.25, 0.3) is 5.91 Å². The normalized spacial score (nSPS) is 11.8. The third kappa shape index (κ3) is 3.72. The summed E-state index contributed by atoms with van der Waals surface area (Å²) in [6.07, 6.45) is 0. The van der Waals surface area contributed by atoms with Crippen molar-refractivity contribution in [3.05, 3.63) is 78.0 Å². The van der Waals surface area contributed by atoms with E-state index in [1.807, 2.05) is 49.4 Å². The van der Waals surface area contributed by atoms with Crippen LogP contribution in [0, 0.1) is 0 Å². The van der Waals surface area contributed by atoms with Gasteiger partial charge in [-0.2, -0.15) is 5.10 Å². The molecule has 0 bridgehead atoms. The number of fused-ring (bicyclic) bond motifs is 1. The van der Waals surface area contributed by atoms with Gasteiger partial charge in [0.05, 0.1) is 26.0 Å². The van der Waals surface area contributed by atoms with Crippen molar-refractivity contribution in [2.75, 3.05) is 14.2 Å². The summed E-state index contributed by atoms with van der Waals surface area (Å²) in [5.41, 5.74) is 3.03. The predicted molar refractivity (Wildman–Crippen MR) is 117 cm³/mol. The number of carbonyl (C=O) groups excluding carboxylic acids is 1. The molecule has 1 aromatic heterocycles. The van der Waals surface area contributed by atoms with Gasteiger partial charge < -0.3 is 14.8 Å². The van der Waals surface area contributed by atoms with Crippen LogP contribution >= 0.6 is 0 Å². The molecule has 0 fully saturated rings. The maximum absolute atomic E-state index is 12.8. The Morgan fingerprint density at radius 3 is 2.53 bits per heavy atom. The van der Waals surface area contributed by atoms with E-state index in [1.165, 1.54) is 0 Å². The summed E-state index contributed by atoms with van der Waals surface area (Å²) in [6, 6.07) is 21.3. The maximum atomic E-state index is 12.8. The number of benzene rings is 3. The predicted octanol–water partition coefficient (Wildman–Crippen LogP) is 4.74. The molecule has 1 heterocycles. The van der Waals surface area contributed by atoms with Crippen LogP contribution in [0.25, 0.3) is 22.0 Å². The Morgan fingerprint density at radius 2 is 1.73 bits per heavy atom. The molecule has 0 saturated carbocycles. The van der Waals surface area contributed by atoms with E-state index in [1.54, 1.807) is 20.3 Å². The second-order valence-electron chi connectivity index (χ2n) is 7.00. The zero-order valence-corrected chi connectivity index (χ0v) is 17.1. The zero-order valence-electron chi connectivity index (χ0n) is 17.1. The molecule has 0 aliphatic rings. The molecule has 0 saturated heterocycles. The van der Waals surface area contributed by atoms with E-state index in [0.717, 1.165) is 27.6 Å². The lowest BCUT2D eigenvalue weighted by molar-refractivity contribution is 0.0934. The number of ether oxygens (including phenoxy) is 2. The zero-order chi connectivity index (χ0) is 21.1. The van der Waals surface area contributed by atoms with E-state index in [9.17, 15) is 4.79 Å². The molecular weight excluding hydrogens is 378 g/mol. The van der Waals surface area contributed by atoms with Gasteiger partial charge in [0.1, 0.15) is 5.69 Å². The SMILES string of the molecule is COc1ccc([C@@H](C)NC(=O)c2cc(-c3cccc4ccccc34)n[nH]2)cc1OC. The Bertz CT molecular complexity index is 1190. The molecule has 6 nitrogen and oxygen atoms in total. The lowest BCUT2D eigenvalue weighted by Crippen LogP contribution is -2.27. The summed E-state index contributed by atoms with van der Waals surface area (Å²) < 4.78 is 10.6. The van der Waals surface area contributed by atoms with Crippen molar-refractivity contribution in [3.63, 3.8) is 0 Å². The summed E-state index contributed by atoms with van der Waals surface area (Å²) in [4.78, 5) is 12.8. The number of carbonyl (C=O) groups is 1. The average molecular weight is 401 g/mol. The second kappa shape index (κ2) is 8.29. The fourth-order valence-corrected chi connectivity index (χ4v) is 3.50. The summed E-state index contributed by atoms with van der Waals surface area (Å²) >= 11 is 0. The quantitative estimate of drug-likeness (QED) is 0.489. The number of hydrogen-bond donors (Lipinski definition) is 2. The van der Waals surface area contributed by atoms with Crippen LogP contribution in [0.15, 0.2) is 66.7 Å². The van der Waals surface area contributed by atoms with Gasteiger partial charge in [-0.25, -0.2) is 0 Å². The van der Waals surface area contributed by atoms with Crippen LogP contribution in [0.4, 0.5) is 0 Å². The summed E-state index contributed by atoms with van der Waals surface area (Å²) in [5.74, 6) is 1.04. The highest BCUT2D eigenvalue weighted by molar-refractivity contribution is 5.98. The van der Waals surface area contributed by atoms with Crippen molar-refractivity contribution in [1.82, 2.24) is 15.5 Å². The molecule has 2 N–H and O–H groups in total. The summed E-state index contributed by atoms with van der Waals surface area (Å²) in [5, 5.41) is 12.4. The Labute approximate surface area is 174 Å². The van der Waals surface area contributed by atoms with E-state index in [2.05, 4.69) is 33.7 Å². The Morgan fingerprint density at radius 1 is 0.967 bits per heavy atom. The molecule has 6 heteroatoms. The monoisotopic (exact) mass is 401 g/mol. The lowest BCUT2D eigenvalue weighted by atomic mass is 10.0. The van der Waals surface area contributed by atoms with Crippen LogP contribution < -0.4 is 14.8 Å². The van der Waals surface area contributed by atoms with E-state index in [0.29, 0.717) is 17.2 Å². The maximum Gasteiger partial charge on any atom is 0.269 e. The van der Waals surface area contributed by atoms with E-state index >= 15 is 0 Å². The number of nitrogens with one attached hydrogen (secondary N) is 2. The molecular formula is C24H23N3O3. The Balaban J connectivity index is 1.54. The number of aromatic amines is 1. The Kier molecular flexibility index (Phi) is 5.39. The minimum atomic E-state index is -0.226. The summed E-state index contributed by atoms with van der Waals surface area (Å²) in [6.45, 7) is 1.92. The van der Waals surface area contributed by atoms with Crippen LogP contribution in [0.5, 0.6) is 11.5 Å². The number of amides is 1. The molecule has 0 unspecified atom stereocenters. The van der Waals surface area contributed by atoms with Crippen molar-refractivity contribution in [2.24, 2.45) is 0 Å². The van der Waals surface area contributed by atoms with Gasteiger partial charge in [-0.1, -0.05) is 48.5 Å². The van der Waals surface area contributed by atoms with Crippen LogP contribution in [-0.4, -0.2) is 30.3 Å². The van der Waals surface area contributed by atoms with Crippen LogP contribution in [-0.2, 0) is 0 Å². The van der Waals surface area contributed by atoms with Crippen molar-refractivity contribution in [1.29, 1.82) is 0 Å². The molecule has 30 heavy (non-hydrogen) atoms. The molecule has 3 aromatic carbocycles. The van der Waals surface area contributed by atoms with Gasteiger partial charge in [0, 0.05) is 5.56 Å². The van der Waals surface area contributed by atoms with E-state index < -0.39 is 0 Å². The standard InChI is InChI=1S/C24H23N3O3/c1-15(17-11-12-22(29-2)23(13-17)30-3)25-24(28)21-14-20(26-27-21)19-10-6-8-16-7-4-5-9-18(16)19/h4-15H,1-3H3,(H,25,28)(H,26,27)/t15-/m1/s1. The molecule has 4 aromatic rings. The lowest BCUT2D eigenvalue weighted by Gasteiger charge is -2.16. The molecule has 152 valence electrons. The fourth-order valence-electron chi connectivity index (χ4n) is 3.50. The Hall–Kier alpha value is -3.80. The van der Waals surface area contributed by atoms with Gasteiger partial charge in [-0.3, -0.25) is 9.89 Å². The number of methoxy groups -OCH3 is 2. The molecule has 0 aliphatic carbocycles. The van der Waals surface area contributed by atoms with E-state index in [-0.39, 0.29) is 11.9 Å². The van der Waals surface area contributed by atoms with Crippen molar-refractivity contribution >= 4 is 16.7 Å². The molecule has 4 rings (SSSR count). The van der Waals surface area contributed by atoms with E-state index in [4.69, 9.17) is 9.47 Å². The van der Waals surface area contributed by atoms with Crippen molar-refractivity contribution in [3.8, 4) is 22.8 Å². The number of H-pyrrole nitrogens is 1. The smallest absolute Gasteiger partial charge is 0.269 e. The first kappa shape index (κ1) is 19.5. The largest absolute Gasteiger partial charge is 0.493 e. The van der Waals surface area contributed by atoms with Crippen LogP contribution in [0.2, 0.25) is 0 Å². The van der Waals surface area contributed by atoms with Crippen molar-refractivity contribution in [2.45, 2.75) is 13.0 Å². The second-order valence-corrected chi connectivity index (χ2v) is 7.00. The first-order valence-corrected chi connectivity index (χ1v) is 9.67. The highest BCUT2D eigenvalue weighted by Gasteiger charge is 2.17. The molecule has 1 amide bonds.